The molecule has 0 spiro atoms. The molecule has 3 heterocycles. The van der Waals surface area contributed by atoms with Crippen molar-refractivity contribution < 1.29 is 13.6 Å². The molecule has 0 saturated heterocycles. The summed E-state index contributed by atoms with van der Waals surface area (Å²) in [6, 6.07) is 2.22. The van der Waals surface area contributed by atoms with Crippen LogP contribution in [-0.4, -0.2) is 15.6 Å². The fourth-order valence-electron chi connectivity index (χ4n) is 3.52. The van der Waals surface area contributed by atoms with E-state index in [1.807, 2.05) is 0 Å². The summed E-state index contributed by atoms with van der Waals surface area (Å²) >= 11 is 1.21. The smallest absolute Gasteiger partial charge is 0.305 e. The highest BCUT2D eigenvalue weighted by molar-refractivity contribution is 7.22. The van der Waals surface area contributed by atoms with Gasteiger partial charge in [0, 0.05) is 19.0 Å². The molecule has 9 heteroatoms. The second-order valence-corrected chi connectivity index (χ2v) is 8.36. The standard InChI is InChI=1S/C20H20F2N4O2S/c1-10-3-6-15-24-18-16(19(27)26(15)8-7-10)11(2)17(29-18)25-20(28)23-14-5-4-12(21)9-13(14)22/h4-5,9-10H,3,6-8H2,1-2H3,(H2,23,25,28). The normalized spacial score (nSPS) is 16.3. The Morgan fingerprint density at radius 3 is 2.83 bits per heavy atom. The number of urea groups is 1. The lowest BCUT2D eigenvalue weighted by atomic mass is 10.0. The first-order chi connectivity index (χ1) is 13.8. The minimum absolute atomic E-state index is 0.0918. The number of carbonyl (C=O) groups is 1. The average Bonchev–Trinajstić information content (AvgIpc) is 2.84. The van der Waals surface area contributed by atoms with Crippen molar-refractivity contribution in [2.24, 2.45) is 5.92 Å². The molecule has 2 aromatic heterocycles. The molecule has 2 amide bonds. The number of hydrogen-bond donors (Lipinski definition) is 2. The molecule has 1 atom stereocenters. The van der Waals surface area contributed by atoms with E-state index in [0.717, 1.165) is 37.2 Å². The molecule has 0 radical (unpaired) electrons. The van der Waals surface area contributed by atoms with Gasteiger partial charge in [0.1, 0.15) is 27.3 Å². The number of amides is 2. The van der Waals surface area contributed by atoms with E-state index < -0.39 is 17.7 Å². The molecule has 0 aliphatic carbocycles. The average molecular weight is 418 g/mol. The number of anilines is 2. The van der Waals surface area contributed by atoms with Crippen molar-refractivity contribution in [3.8, 4) is 0 Å². The molecule has 2 N–H and O–H groups in total. The Balaban J connectivity index is 1.63. The molecular formula is C20H20F2N4O2S. The topological polar surface area (TPSA) is 76.0 Å². The van der Waals surface area contributed by atoms with Crippen molar-refractivity contribution in [1.29, 1.82) is 0 Å². The van der Waals surface area contributed by atoms with E-state index in [1.165, 1.54) is 11.3 Å². The molecule has 152 valence electrons. The molecule has 3 aromatic rings. The van der Waals surface area contributed by atoms with Gasteiger partial charge in [-0.3, -0.25) is 14.7 Å². The van der Waals surface area contributed by atoms with E-state index in [1.54, 1.807) is 11.5 Å². The summed E-state index contributed by atoms with van der Waals surface area (Å²) in [5, 5.41) is 5.97. The van der Waals surface area contributed by atoms with Crippen LogP contribution in [0, 0.1) is 24.5 Å². The van der Waals surface area contributed by atoms with E-state index >= 15 is 0 Å². The maximum absolute atomic E-state index is 13.7. The zero-order chi connectivity index (χ0) is 20.7. The Kier molecular flexibility index (Phi) is 5.08. The van der Waals surface area contributed by atoms with Crippen LogP contribution in [0.5, 0.6) is 0 Å². The fraction of sp³-hybridized carbons (Fsp3) is 0.350. The van der Waals surface area contributed by atoms with Gasteiger partial charge in [-0.25, -0.2) is 18.6 Å². The van der Waals surface area contributed by atoms with E-state index in [4.69, 9.17) is 0 Å². The molecule has 29 heavy (non-hydrogen) atoms. The Morgan fingerprint density at radius 2 is 2.07 bits per heavy atom. The quantitative estimate of drug-likeness (QED) is 0.636. The third kappa shape index (κ3) is 3.74. The Hall–Kier alpha value is -2.81. The van der Waals surface area contributed by atoms with Crippen molar-refractivity contribution in [3.05, 3.63) is 51.6 Å². The number of rotatable bonds is 2. The number of thiophene rings is 1. The van der Waals surface area contributed by atoms with Gasteiger partial charge < -0.3 is 5.32 Å². The first-order valence-electron chi connectivity index (χ1n) is 9.39. The lowest BCUT2D eigenvalue weighted by Gasteiger charge is -2.08. The molecule has 1 aliphatic rings. The zero-order valence-corrected chi connectivity index (χ0v) is 16.8. The maximum atomic E-state index is 13.7. The van der Waals surface area contributed by atoms with Gasteiger partial charge in [-0.05, 0) is 43.4 Å². The second kappa shape index (κ2) is 7.55. The van der Waals surface area contributed by atoms with Crippen molar-refractivity contribution in [2.45, 2.75) is 39.7 Å². The van der Waals surface area contributed by atoms with Crippen LogP contribution in [0.15, 0.2) is 23.0 Å². The number of fused-ring (bicyclic) bond motifs is 2. The first kappa shape index (κ1) is 19.5. The molecule has 6 nitrogen and oxygen atoms in total. The van der Waals surface area contributed by atoms with Crippen molar-refractivity contribution in [1.82, 2.24) is 9.55 Å². The van der Waals surface area contributed by atoms with Gasteiger partial charge in [-0.15, -0.1) is 0 Å². The number of nitrogens with one attached hydrogen (secondary N) is 2. The van der Waals surface area contributed by atoms with Gasteiger partial charge in [0.15, 0.2) is 0 Å². The molecule has 1 unspecified atom stereocenters. The minimum Gasteiger partial charge on any atom is -0.305 e. The Bertz CT molecular complexity index is 1170. The second-order valence-electron chi connectivity index (χ2n) is 7.36. The van der Waals surface area contributed by atoms with Crippen LogP contribution in [0.25, 0.3) is 10.2 Å². The number of nitrogens with zero attached hydrogens (tertiary/aromatic N) is 2. The number of benzene rings is 1. The molecule has 1 aromatic carbocycles. The highest BCUT2D eigenvalue weighted by Gasteiger charge is 2.21. The van der Waals surface area contributed by atoms with Gasteiger partial charge in [0.2, 0.25) is 0 Å². The van der Waals surface area contributed by atoms with Crippen LogP contribution in [0.3, 0.4) is 0 Å². The van der Waals surface area contributed by atoms with Crippen LogP contribution >= 0.6 is 11.3 Å². The molecular weight excluding hydrogens is 398 g/mol. The first-order valence-corrected chi connectivity index (χ1v) is 10.2. The summed E-state index contributed by atoms with van der Waals surface area (Å²) in [6.07, 6.45) is 2.66. The van der Waals surface area contributed by atoms with Crippen LogP contribution < -0.4 is 16.2 Å². The van der Waals surface area contributed by atoms with Crippen LogP contribution in [0.2, 0.25) is 0 Å². The lowest BCUT2D eigenvalue weighted by Crippen LogP contribution is -2.24. The third-order valence-electron chi connectivity index (χ3n) is 5.24. The summed E-state index contributed by atoms with van der Waals surface area (Å²) in [4.78, 5) is 30.6. The van der Waals surface area contributed by atoms with Gasteiger partial charge in [-0.2, -0.15) is 0 Å². The minimum atomic E-state index is -0.869. The Labute approximate surface area is 169 Å². The van der Waals surface area contributed by atoms with E-state index in [-0.39, 0.29) is 11.2 Å². The molecule has 0 fully saturated rings. The lowest BCUT2D eigenvalue weighted by molar-refractivity contribution is 0.262. The number of carbonyl (C=O) groups excluding carboxylic acids is 1. The zero-order valence-electron chi connectivity index (χ0n) is 16.0. The van der Waals surface area contributed by atoms with Crippen molar-refractivity contribution in [3.63, 3.8) is 0 Å². The summed E-state index contributed by atoms with van der Waals surface area (Å²) in [7, 11) is 0. The van der Waals surface area contributed by atoms with Gasteiger partial charge in [0.05, 0.1) is 11.1 Å². The maximum Gasteiger partial charge on any atom is 0.324 e. The summed E-state index contributed by atoms with van der Waals surface area (Å²) < 4.78 is 28.5. The van der Waals surface area contributed by atoms with Crippen LogP contribution in [-0.2, 0) is 13.0 Å². The van der Waals surface area contributed by atoms with Crippen LogP contribution in [0.1, 0.15) is 31.2 Å². The highest BCUT2D eigenvalue weighted by Crippen LogP contribution is 2.33. The molecule has 1 aliphatic heterocycles. The number of aryl methyl sites for hydroxylation is 2. The van der Waals surface area contributed by atoms with Crippen LogP contribution in [0.4, 0.5) is 24.3 Å². The third-order valence-corrected chi connectivity index (χ3v) is 6.34. The highest BCUT2D eigenvalue weighted by atomic mass is 32.1. The summed E-state index contributed by atoms with van der Waals surface area (Å²) in [5.74, 6) is -0.277. The van der Waals surface area contributed by atoms with Crippen molar-refractivity contribution >= 4 is 38.3 Å². The monoisotopic (exact) mass is 418 g/mol. The molecule has 0 saturated carbocycles. The molecule has 4 rings (SSSR count). The van der Waals surface area contributed by atoms with Gasteiger partial charge >= 0.3 is 6.03 Å². The summed E-state index contributed by atoms with van der Waals surface area (Å²) in [6.45, 7) is 4.57. The number of halogens is 2. The molecule has 0 bridgehead atoms. The Morgan fingerprint density at radius 1 is 1.28 bits per heavy atom. The van der Waals surface area contributed by atoms with E-state index in [0.29, 0.717) is 39.3 Å². The summed E-state index contributed by atoms with van der Waals surface area (Å²) in [5.41, 5.74) is 0.400. The van der Waals surface area contributed by atoms with E-state index in [2.05, 4.69) is 22.5 Å². The van der Waals surface area contributed by atoms with Gasteiger partial charge in [0.25, 0.3) is 5.56 Å². The number of aromatic nitrogens is 2. The largest absolute Gasteiger partial charge is 0.324 e. The number of hydrogen-bond acceptors (Lipinski definition) is 4. The fourth-order valence-corrected chi connectivity index (χ4v) is 4.60. The SMILES string of the molecule is Cc1c(NC(=O)Nc2ccc(F)cc2F)sc2nc3n(c(=O)c12)CCC(C)CC3. The predicted molar refractivity (Wildman–Crippen MR) is 110 cm³/mol. The van der Waals surface area contributed by atoms with Crippen molar-refractivity contribution in [2.75, 3.05) is 10.6 Å². The van der Waals surface area contributed by atoms with Gasteiger partial charge in [-0.1, -0.05) is 18.3 Å². The van der Waals surface area contributed by atoms with E-state index in [9.17, 15) is 18.4 Å². The predicted octanol–water partition coefficient (Wildman–Crippen LogP) is 4.66.